The van der Waals surface area contributed by atoms with E-state index in [1.54, 1.807) is 6.20 Å². The van der Waals surface area contributed by atoms with Crippen LogP contribution < -0.4 is 5.73 Å². The number of hydrogen-bond donors (Lipinski definition) is 1. The first kappa shape index (κ1) is 12.4. The molecule has 94 valence electrons. The molecule has 1 heterocycles. The van der Waals surface area contributed by atoms with Gasteiger partial charge in [0.25, 0.3) is 0 Å². The van der Waals surface area contributed by atoms with Crippen molar-refractivity contribution in [3.8, 4) is 0 Å². The quantitative estimate of drug-likeness (QED) is 0.869. The van der Waals surface area contributed by atoms with Crippen molar-refractivity contribution in [2.24, 2.45) is 5.92 Å². The summed E-state index contributed by atoms with van der Waals surface area (Å²) in [5.41, 5.74) is 6.95. The molecule has 0 spiro atoms. The van der Waals surface area contributed by atoms with Crippen molar-refractivity contribution in [3.05, 3.63) is 23.9 Å². The van der Waals surface area contributed by atoms with Gasteiger partial charge in [-0.2, -0.15) is 0 Å². The number of nitrogen functional groups attached to an aromatic ring is 1. The molecule has 1 fully saturated rings. The van der Waals surface area contributed by atoms with Crippen molar-refractivity contribution in [1.29, 1.82) is 0 Å². The number of aromatic nitrogens is 1. The second-order valence-corrected chi connectivity index (χ2v) is 5.29. The van der Waals surface area contributed by atoms with E-state index in [2.05, 4.69) is 16.9 Å². The molecule has 2 rings (SSSR count). The first-order valence-electron chi connectivity index (χ1n) is 6.63. The van der Waals surface area contributed by atoms with Crippen LogP contribution in [0.5, 0.6) is 0 Å². The number of nitrogens with zero attached hydrogens (tertiary/aromatic N) is 2. The second-order valence-electron chi connectivity index (χ2n) is 5.29. The summed E-state index contributed by atoms with van der Waals surface area (Å²) in [4.78, 5) is 6.43. The van der Waals surface area contributed by atoms with Crippen LogP contribution in [-0.2, 0) is 6.54 Å². The molecule has 0 bridgehead atoms. The summed E-state index contributed by atoms with van der Waals surface area (Å²) in [5, 5.41) is 0. The minimum absolute atomic E-state index is 0.619. The Morgan fingerprint density at radius 1 is 1.35 bits per heavy atom. The predicted octanol–water partition coefficient (Wildman–Crippen LogP) is 2.68. The summed E-state index contributed by atoms with van der Waals surface area (Å²) in [6.07, 6.45) is 8.87. The first-order valence-corrected chi connectivity index (χ1v) is 6.63. The fourth-order valence-electron chi connectivity index (χ4n) is 2.78. The molecule has 0 atom stereocenters. The Balaban J connectivity index is 1.82. The van der Waals surface area contributed by atoms with Crippen LogP contribution in [0.2, 0.25) is 0 Å². The van der Waals surface area contributed by atoms with Crippen molar-refractivity contribution in [2.75, 3.05) is 19.3 Å². The predicted molar refractivity (Wildman–Crippen MR) is 71.6 cm³/mol. The Morgan fingerprint density at radius 2 is 2.12 bits per heavy atom. The Kier molecular flexibility index (Phi) is 4.37. The maximum absolute atomic E-state index is 5.69. The van der Waals surface area contributed by atoms with Gasteiger partial charge in [-0.05, 0) is 43.5 Å². The third-order valence-electron chi connectivity index (χ3n) is 3.59. The van der Waals surface area contributed by atoms with E-state index in [9.17, 15) is 0 Å². The van der Waals surface area contributed by atoms with Crippen molar-refractivity contribution in [3.63, 3.8) is 0 Å². The highest BCUT2D eigenvalue weighted by Crippen LogP contribution is 2.24. The highest BCUT2D eigenvalue weighted by molar-refractivity contribution is 5.31. The second kappa shape index (κ2) is 6.01. The normalized spacial score (nSPS) is 17.5. The van der Waals surface area contributed by atoms with Gasteiger partial charge >= 0.3 is 0 Å². The zero-order valence-corrected chi connectivity index (χ0v) is 10.7. The van der Waals surface area contributed by atoms with E-state index in [1.807, 2.05) is 12.1 Å². The first-order chi connectivity index (χ1) is 8.24. The monoisotopic (exact) mass is 233 g/mol. The third kappa shape index (κ3) is 4.00. The summed E-state index contributed by atoms with van der Waals surface area (Å²) in [5.74, 6) is 1.52. The Labute approximate surface area is 104 Å². The van der Waals surface area contributed by atoms with E-state index >= 15 is 0 Å². The van der Waals surface area contributed by atoms with Crippen LogP contribution in [0.15, 0.2) is 18.3 Å². The molecule has 2 N–H and O–H groups in total. The fraction of sp³-hybridized carbons (Fsp3) is 0.643. The molecule has 0 saturated heterocycles. The highest BCUT2D eigenvalue weighted by atomic mass is 15.1. The van der Waals surface area contributed by atoms with Crippen LogP contribution in [0.3, 0.4) is 0 Å². The minimum atomic E-state index is 0.619. The summed E-state index contributed by atoms with van der Waals surface area (Å²) in [6.45, 7) is 2.19. The molecule has 1 saturated carbocycles. The smallest absolute Gasteiger partial charge is 0.123 e. The van der Waals surface area contributed by atoms with Crippen molar-refractivity contribution >= 4 is 5.82 Å². The molecule has 0 aliphatic heterocycles. The zero-order valence-electron chi connectivity index (χ0n) is 10.7. The van der Waals surface area contributed by atoms with Crippen LogP contribution in [-0.4, -0.2) is 23.5 Å². The maximum atomic E-state index is 5.69. The largest absolute Gasteiger partial charge is 0.384 e. The standard InChI is InChI=1S/C14H23N3/c1-17(10-12-5-3-2-4-6-12)11-13-7-8-16-14(15)9-13/h7-9,12H,2-6,10-11H2,1H3,(H2,15,16). The Hall–Kier alpha value is -1.09. The topological polar surface area (TPSA) is 42.2 Å². The minimum Gasteiger partial charge on any atom is -0.384 e. The van der Waals surface area contributed by atoms with Crippen molar-refractivity contribution < 1.29 is 0 Å². The molecule has 0 aromatic carbocycles. The van der Waals surface area contributed by atoms with Crippen LogP contribution in [0.25, 0.3) is 0 Å². The molecular formula is C14H23N3. The Morgan fingerprint density at radius 3 is 2.82 bits per heavy atom. The summed E-state index contributed by atoms with van der Waals surface area (Å²) in [7, 11) is 2.20. The summed E-state index contributed by atoms with van der Waals surface area (Å²) in [6, 6.07) is 4.02. The number of pyridine rings is 1. The zero-order chi connectivity index (χ0) is 12.1. The average molecular weight is 233 g/mol. The van der Waals surface area contributed by atoms with Crippen molar-refractivity contribution in [1.82, 2.24) is 9.88 Å². The van der Waals surface area contributed by atoms with Gasteiger partial charge < -0.3 is 10.6 Å². The van der Waals surface area contributed by atoms with E-state index in [1.165, 1.54) is 44.2 Å². The van der Waals surface area contributed by atoms with E-state index in [0.29, 0.717) is 5.82 Å². The molecular weight excluding hydrogens is 210 g/mol. The molecule has 1 aliphatic carbocycles. The molecule has 3 heteroatoms. The number of nitrogens with two attached hydrogens (primary N) is 1. The van der Waals surface area contributed by atoms with Crippen molar-refractivity contribution in [2.45, 2.75) is 38.6 Å². The lowest BCUT2D eigenvalue weighted by Gasteiger charge is -2.27. The van der Waals surface area contributed by atoms with Gasteiger partial charge in [-0.25, -0.2) is 4.98 Å². The highest BCUT2D eigenvalue weighted by Gasteiger charge is 2.15. The number of hydrogen-bond acceptors (Lipinski definition) is 3. The van der Waals surface area contributed by atoms with E-state index < -0.39 is 0 Å². The van der Waals surface area contributed by atoms with Gasteiger partial charge in [0.05, 0.1) is 0 Å². The third-order valence-corrected chi connectivity index (χ3v) is 3.59. The number of rotatable bonds is 4. The van der Waals surface area contributed by atoms with Crippen LogP contribution in [0, 0.1) is 5.92 Å². The van der Waals surface area contributed by atoms with E-state index in [0.717, 1.165) is 12.5 Å². The van der Waals surface area contributed by atoms with Gasteiger partial charge in [0.1, 0.15) is 5.82 Å². The molecule has 3 nitrogen and oxygen atoms in total. The molecule has 17 heavy (non-hydrogen) atoms. The van der Waals surface area contributed by atoms with Gasteiger partial charge in [-0.15, -0.1) is 0 Å². The molecule has 1 aliphatic rings. The van der Waals surface area contributed by atoms with Gasteiger partial charge in [-0.1, -0.05) is 19.3 Å². The lowest BCUT2D eigenvalue weighted by Crippen LogP contribution is -2.26. The summed E-state index contributed by atoms with van der Waals surface area (Å²) < 4.78 is 0. The van der Waals surface area contributed by atoms with Gasteiger partial charge in [0.15, 0.2) is 0 Å². The maximum Gasteiger partial charge on any atom is 0.123 e. The fourth-order valence-corrected chi connectivity index (χ4v) is 2.78. The molecule has 0 amide bonds. The molecule has 0 radical (unpaired) electrons. The lowest BCUT2D eigenvalue weighted by atomic mass is 9.89. The van der Waals surface area contributed by atoms with E-state index in [4.69, 9.17) is 5.73 Å². The van der Waals surface area contributed by atoms with Gasteiger partial charge in [-0.3, -0.25) is 0 Å². The SMILES string of the molecule is CN(Cc1ccnc(N)c1)CC1CCCCC1. The van der Waals surface area contributed by atoms with Gasteiger partial charge in [0, 0.05) is 19.3 Å². The molecule has 1 aromatic rings. The molecule has 1 aromatic heterocycles. The van der Waals surface area contributed by atoms with Crippen LogP contribution >= 0.6 is 0 Å². The van der Waals surface area contributed by atoms with Crippen LogP contribution in [0.1, 0.15) is 37.7 Å². The Bertz CT molecular complexity index is 345. The lowest BCUT2D eigenvalue weighted by molar-refractivity contribution is 0.228. The summed E-state index contributed by atoms with van der Waals surface area (Å²) >= 11 is 0. The number of anilines is 1. The van der Waals surface area contributed by atoms with E-state index in [-0.39, 0.29) is 0 Å². The van der Waals surface area contributed by atoms with Crippen LogP contribution in [0.4, 0.5) is 5.82 Å². The average Bonchev–Trinajstić information content (AvgIpc) is 2.30. The van der Waals surface area contributed by atoms with Gasteiger partial charge in [0.2, 0.25) is 0 Å². The molecule has 0 unspecified atom stereocenters.